The SMILES string of the molecule is COc1cc(F)c(Br)cc1C(CN)C(=O)O. The largest absolute Gasteiger partial charge is 0.496 e. The van der Waals surface area contributed by atoms with Gasteiger partial charge >= 0.3 is 5.97 Å². The third-order valence-electron chi connectivity index (χ3n) is 2.18. The molecule has 88 valence electrons. The summed E-state index contributed by atoms with van der Waals surface area (Å²) in [6.45, 7) is -0.0796. The van der Waals surface area contributed by atoms with E-state index in [0.29, 0.717) is 5.56 Å². The quantitative estimate of drug-likeness (QED) is 0.886. The molecule has 0 bridgehead atoms. The minimum absolute atomic E-state index is 0.0796. The summed E-state index contributed by atoms with van der Waals surface area (Å²) in [6.07, 6.45) is 0. The highest BCUT2D eigenvalue weighted by atomic mass is 79.9. The van der Waals surface area contributed by atoms with Crippen molar-refractivity contribution >= 4 is 21.9 Å². The molecule has 0 aromatic heterocycles. The zero-order valence-corrected chi connectivity index (χ0v) is 10.1. The molecule has 0 saturated carbocycles. The van der Waals surface area contributed by atoms with Gasteiger partial charge in [0.2, 0.25) is 0 Å². The maximum Gasteiger partial charge on any atom is 0.312 e. The first-order valence-electron chi connectivity index (χ1n) is 4.47. The van der Waals surface area contributed by atoms with Crippen LogP contribution in [-0.2, 0) is 4.79 Å². The number of aliphatic carboxylic acids is 1. The van der Waals surface area contributed by atoms with Gasteiger partial charge in [0.1, 0.15) is 11.6 Å². The third-order valence-corrected chi connectivity index (χ3v) is 2.79. The third kappa shape index (κ3) is 2.51. The molecule has 1 unspecified atom stereocenters. The van der Waals surface area contributed by atoms with Gasteiger partial charge < -0.3 is 15.6 Å². The van der Waals surface area contributed by atoms with Gasteiger partial charge in [-0.25, -0.2) is 4.39 Å². The number of rotatable bonds is 4. The summed E-state index contributed by atoms with van der Waals surface area (Å²) in [6, 6.07) is 2.50. The second kappa shape index (κ2) is 5.27. The number of carboxylic acid groups (broad SMARTS) is 1. The molecule has 4 nitrogen and oxygen atoms in total. The number of ether oxygens (including phenoxy) is 1. The number of methoxy groups -OCH3 is 1. The molecule has 1 rings (SSSR count). The van der Waals surface area contributed by atoms with Crippen molar-refractivity contribution in [1.82, 2.24) is 0 Å². The average Bonchev–Trinajstić information content (AvgIpc) is 2.23. The predicted octanol–water partition coefficient (Wildman–Crippen LogP) is 1.72. The number of hydrogen-bond donors (Lipinski definition) is 2. The maximum absolute atomic E-state index is 13.2. The van der Waals surface area contributed by atoms with Crippen molar-refractivity contribution in [2.75, 3.05) is 13.7 Å². The van der Waals surface area contributed by atoms with Gasteiger partial charge in [-0.3, -0.25) is 4.79 Å². The molecule has 0 fully saturated rings. The first-order chi connectivity index (χ1) is 7.51. The maximum atomic E-state index is 13.2. The number of halogens is 2. The molecule has 1 aromatic carbocycles. The van der Waals surface area contributed by atoms with Crippen molar-refractivity contribution in [2.24, 2.45) is 5.73 Å². The lowest BCUT2D eigenvalue weighted by Gasteiger charge is -2.15. The van der Waals surface area contributed by atoms with E-state index >= 15 is 0 Å². The van der Waals surface area contributed by atoms with Crippen LogP contribution in [-0.4, -0.2) is 24.7 Å². The summed E-state index contributed by atoms with van der Waals surface area (Å²) in [5.41, 5.74) is 5.72. The number of benzene rings is 1. The van der Waals surface area contributed by atoms with Crippen LogP contribution in [0.1, 0.15) is 11.5 Å². The van der Waals surface area contributed by atoms with Crippen LogP contribution in [0.15, 0.2) is 16.6 Å². The van der Waals surface area contributed by atoms with Crippen LogP contribution in [0, 0.1) is 5.82 Å². The van der Waals surface area contributed by atoms with Crippen molar-refractivity contribution in [3.63, 3.8) is 0 Å². The van der Waals surface area contributed by atoms with Gasteiger partial charge in [-0.05, 0) is 22.0 Å². The fourth-order valence-electron chi connectivity index (χ4n) is 1.35. The first kappa shape index (κ1) is 12.9. The second-order valence-electron chi connectivity index (χ2n) is 3.13. The standard InChI is InChI=1S/C10H11BrFNO3/c1-16-9-3-8(12)7(11)2-5(9)6(4-13)10(14)15/h2-3,6H,4,13H2,1H3,(H,14,15). The van der Waals surface area contributed by atoms with E-state index in [1.54, 1.807) is 0 Å². The minimum atomic E-state index is -1.07. The van der Waals surface area contributed by atoms with Crippen molar-refractivity contribution in [3.8, 4) is 5.75 Å². The molecule has 16 heavy (non-hydrogen) atoms. The Morgan fingerprint density at radius 3 is 2.75 bits per heavy atom. The molecular weight excluding hydrogens is 281 g/mol. The Morgan fingerprint density at radius 2 is 2.31 bits per heavy atom. The fraction of sp³-hybridized carbons (Fsp3) is 0.300. The molecule has 0 heterocycles. The fourth-order valence-corrected chi connectivity index (χ4v) is 1.71. The highest BCUT2D eigenvalue weighted by molar-refractivity contribution is 9.10. The van der Waals surface area contributed by atoms with E-state index < -0.39 is 17.7 Å². The zero-order valence-electron chi connectivity index (χ0n) is 8.54. The van der Waals surface area contributed by atoms with Crippen LogP contribution < -0.4 is 10.5 Å². The summed E-state index contributed by atoms with van der Waals surface area (Å²) >= 11 is 2.99. The lowest BCUT2D eigenvalue weighted by atomic mass is 9.98. The van der Waals surface area contributed by atoms with E-state index in [-0.39, 0.29) is 16.8 Å². The number of carboxylic acids is 1. The summed E-state index contributed by atoms with van der Waals surface area (Å²) in [5, 5.41) is 8.96. The Hall–Kier alpha value is -1.14. The number of carbonyl (C=O) groups is 1. The van der Waals surface area contributed by atoms with Gasteiger partial charge in [0.25, 0.3) is 0 Å². The molecule has 6 heteroatoms. The van der Waals surface area contributed by atoms with E-state index in [0.717, 1.165) is 6.07 Å². The van der Waals surface area contributed by atoms with Crippen LogP contribution in [0.2, 0.25) is 0 Å². The summed E-state index contributed by atoms with van der Waals surface area (Å²) in [4.78, 5) is 11.0. The predicted molar refractivity (Wildman–Crippen MR) is 60.1 cm³/mol. The Labute approximate surface area is 100 Å². The van der Waals surface area contributed by atoms with Crippen molar-refractivity contribution in [2.45, 2.75) is 5.92 Å². The van der Waals surface area contributed by atoms with Crippen LogP contribution in [0.5, 0.6) is 5.75 Å². The Morgan fingerprint density at radius 1 is 1.69 bits per heavy atom. The smallest absolute Gasteiger partial charge is 0.312 e. The van der Waals surface area contributed by atoms with E-state index in [9.17, 15) is 9.18 Å². The van der Waals surface area contributed by atoms with Crippen molar-refractivity contribution < 1.29 is 19.0 Å². The van der Waals surface area contributed by atoms with E-state index in [1.807, 2.05) is 0 Å². The van der Waals surface area contributed by atoms with Crippen molar-refractivity contribution in [3.05, 3.63) is 28.0 Å². The lowest BCUT2D eigenvalue weighted by molar-refractivity contribution is -0.138. The first-order valence-corrected chi connectivity index (χ1v) is 5.26. The Bertz CT molecular complexity index is 411. The van der Waals surface area contributed by atoms with E-state index in [1.165, 1.54) is 13.2 Å². The molecule has 1 atom stereocenters. The molecule has 0 aliphatic rings. The molecule has 0 saturated heterocycles. The second-order valence-corrected chi connectivity index (χ2v) is 3.99. The number of nitrogens with two attached hydrogens (primary N) is 1. The summed E-state index contributed by atoms with van der Waals surface area (Å²) in [5.74, 6) is -2.31. The summed E-state index contributed by atoms with van der Waals surface area (Å²) in [7, 11) is 1.35. The molecule has 0 aliphatic heterocycles. The van der Waals surface area contributed by atoms with Gasteiger partial charge in [-0.2, -0.15) is 0 Å². The van der Waals surface area contributed by atoms with Crippen LogP contribution in [0.4, 0.5) is 4.39 Å². The molecule has 0 radical (unpaired) electrons. The highest BCUT2D eigenvalue weighted by Crippen LogP contribution is 2.31. The van der Waals surface area contributed by atoms with Crippen molar-refractivity contribution in [1.29, 1.82) is 0 Å². The van der Waals surface area contributed by atoms with E-state index in [4.69, 9.17) is 15.6 Å². The number of hydrogen-bond acceptors (Lipinski definition) is 3. The molecular formula is C10H11BrFNO3. The van der Waals surface area contributed by atoms with Gasteiger partial charge in [-0.15, -0.1) is 0 Å². The highest BCUT2D eigenvalue weighted by Gasteiger charge is 2.23. The van der Waals surface area contributed by atoms with Gasteiger partial charge in [0.15, 0.2) is 0 Å². The Balaban J connectivity index is 3.30. The van der Waals surface area contributed by atoms with Gasteiger partial charge in [-0.1, -0.05) is 0 Å². The average molecular weight is 292 g/mol. The van der Waals surface area contributed by atoms with Crippen LogP contribution in [0.25, 0.3) is 0 Å². The monoisotopic (exact) mass is 291 g/mol. The molecule has 1 aromatic rings. The van der Waals surface area contributed by atoms with Gasteiger partial charge in [0, 0.05) is 18.2 Å². The normalized spacial score (nSPS) is 12.2. The molecule has 0 spiro atoms. The van der Waals surface area contributed by atoms with E-state index in [2.05, 4.69) is 15.9 Å². The zero-order chi connectivity index (χ0) is 12.3. The molecule has 0 amide bonds. The minimum Gasteiger partial charge on any atom is -0.496 e. The molecule has 0 aliphatic carbocycles. The Kier molecular flexibility index (Phi) is 4.26. The lowest BCUT2D eigenvalue weighted by Crippen LogP contribution is -2.21. The topological polar surface area (TPSA) is 72.5 Å². The van der Waals surface area contributed by atoms with Gasteiger partial charge in [0.05, 0.1) is 17.5 Å². The molecule has 3 N–H and O–H groups in total. The van der Waals surface area contributed by atoms with Crippen LogP contribution in [0.3, 0.4) is 0 Å². The summed E-state index contributed by atoms with van der Waals surface area (Å²) < 4.78 is 18.3. The van der Waals surface area contributed by atoms with Crippen LogP contribution >= 0.6 is 15.9 Å².